The van der Waals surface area contributed by atoms with Gasteiger partial charge in [-0.25, -0.2) is 18.6 Å². The topological polar surface area (TPSA) is 112 Å². The Labute approximate surface area is 225 Å². The molecule has 2 N–H and O–H groups in total. The SMILES string of the molecule is O=C(O)c1cn(-c2ccc(F)cc2)c2cc(N3CCN(Cc4nc5ccccc5c(=O)[nH]4)CC3)c(F)cc2c1=O. The van der Waals surface area contributed by atoms with Crippen LogP contribution in [0.3, 0.4) is 0 Å². The Morgan fingerprint density at radius 1 is 0.950 bits per heavy atom. The zero-order valence-corrected chi connectivity index (χ0v) is 21.1. The predicted molar refractivity (Wildman–Crippen MR) is 146 cm³/mol. The van der Waals surface area contributed by atoms with Crippen LogP contribution in [0.2, 0.25) is 0 Å². The summed E-state index contributed by atoms with van der Waals surface area (Å²) in [6, 6.07) is 15.1. The first kappa shape index (κ1) is 25.4. The molecule has 1 aliphatic heterocycles. The third-order valence-corrected chi connectivity index (χ3v) is 7.16. The molecule has 6 rings (SSSR count). The number of nitrogens with zero attached hydrogens (tertiary/aromatic N) is 4. The third-order valence-electron chi connectivity index (χ3n) is 7.16. The number of pyridine rings is 1. The Hall–Kier alpha value is -4.90. The van der Waals surface area contributed by atoms with Crippen LogP contribution in [0.1, 0.15) is 16.2 Å². The van der Waals surface area contributed by atoms with Gasteiger partial charge in [-0.05, 0) is 48.5 Å². The minimum atomic E-state index is -1.44. The normalized spacial score (nSPS) is 14.2. The summed E-state index contributed by atoms with van der Waals surface area (Å²) in [5.41, 5.74) is 0.104. The number of anilines is 1. The quantitative estimate of drug-likeness (QED) is 0.349. The van der Waals surface area contributed by atoms with E-state index in [9.17, 15) is 23.9 Å². The highest BCUT2D eigenvalue weighted by molar-refractivity contribution is 5.94. The van der Waals surface area contributed by atoms with Gasteiger partial charge in [0.05, 0.1) is 28.7 Å². The number of halogens is 2. The lowest BCUT2D eigenvalue weighted by Crippen LogP contribution is -2.46. The van der Waals surface area contributed by atoms with Crippen LogP contribution in [0.25, 0.3) is 27.5 Å². The number of benzene rings is 3. The molecule has 1 saturated heterocycles. The van der Waals surface area contributed by atoms with Gasteiger partial charge >= 0.3 is 5.97 Å². The van der Waals surface area contributed by atoms with Crippen LogP contribution >= 0.6 is 0 Å². The number of H-pyrrole nitrogens is 1. The Morgan fingerprint density at radius 2 is 1.68 bits per heavy atom. The van der Waals surface area contributed by atoms with E-state index in [0.29, 0.717) is 60.7 Å². The summed E-state index contributed by atoms with van der Waals surface area (Å²) < 4.78 is 30.4. The maximum absolute atomic E-state index is 15.4. The average molecular weight is 544 g/mol. The zero-order valence-electron chi connectivity index (χ0n) is 21.1. The van der Waals surface area contributed by atoms with E-state index >= 15 is 4.39 Å². The molecular formula is C29H23F2N5O4. The zero-order chi connectivity index (χ0) is 28.0. The summed E-state index contributed by atoms with van der Waals surface area (Å²) >= 11 is 0. The average Bonchev–Trinajstić information content (AvgIpc) is 2.94. The lowest BCUT2D eigenvalue weighted by molar-refractivity contribution is 0.0695. The predicted octanol–water partition coefficient (Wildman–Crippen LogP) is 3.53. The highest BCUT2D eigenvalue weighted by Crippen LogP contribution is 2.28. The second-order valence-electron chi connectivity index (χ2n) is 9.64. The number of piperazine rings is 1. The van der Waals surface area contributed by atoms with Gasteiger partial charge in [0, 0.05) is 43.4 Å². The first-order valence-electron chi connectivity index (χ1n) is 12.6. The number of para-hydroxylation sites is 1. The molecule has 1 aliphatic rings. The molecule has 202 valence electrons. The van der Waals surface area contributed by atoms with Crippen molar-refractivity contribution >= 4 is 33.5 Å². The van der Waals surface area contributed by atoms with Crippen molar-refractivity contribution in [3.05, 3.63) is 110 Å². The number of carboxylic acid groups (broad SMARTS) is 1. The van der Waals surface area contributed by atoms with Gasteiger partial charge in [0.25, 0.3) is 5.56 Å². The van der Waals surface area contributed by atoms with Crippen LogP contribution in [-0.2, 0) is 6.54 Å². The highest BCUT2D eigenvalue weighted by atomic mass is 19.1. The van der Waals surface area contributed by atoms with Crippen molar-refractivity contribution in [2.45, 2.75) is 6.54 Å². The van der Waals surface area contributed by atoms with Crippen LogP contribution < -0.4 is 15.9 Å². The molecule has 0 atom stereocenters. The number of aromatic nitrogens is 3. The highest BCUT2D eigenvalue weighted by Gasteiger charge is 2.23. The Balaban J connectivity index is 1.30. The molecule has 0 spiro atoms. The van der Waals surface area contributed by atoms with Crippen LogP contribution in [-0.4, -0.2) is 56.7 Å². The number of fused-ring (bicyclic) bond motifs is 2. The van der Waals surface area contributed by atoms with Crippen LogP contribution in [0.5, 0.6) is 0 Å². The molecule has 0 saturated carbocycles. The summed E-state index contributed by atoms with van der Waals surface area (Å²) in [6.07, 6.45) is 1.18. The van der Waals surface area contributed by atoms with E-state index in [-0.39, 0.29) is 16.6 Å². The molecule has 0 amide bonds. The van der Waals surface area contributed by atoms with Crippen LogP contribution in [0.15, 0.2) is 76.4 Å². The van der Waals surface area contributed by atoms with Gasteiger partial charge in [-0.2, -0.15) is 0 Å². The first-order valence-corrected chi connectivity index (χ1v) is 12.6. The number of aromatic amines is 1. The minimum Gasteiger partial charge on any atom is -0.477 e. The lowest BCUT2D eigenvalue weighted by Gasteiger charge is -2.36. The molecular weight excluding hydrogens is 520 g/mol. The van der Waals surface area contributed by atoms with E-state index in [4.69, 9.17) is 0 Å². The van der Waals surface area contributed by atoms with E-state index in [0.717, 1.165) is 6.07 Å². The molecule has 2 aromatic heterocycles. The van der Waals surface area contributed by atoms with Gasteiger partial charge in [-0.1, -0.05) is 12.1 Å². The van der Waals surface area contributed by atoms with Gasteiger partial charge in [0.2, 0.25) is 5.43 Å². The van der Waals surface area contributed by atoms with Gasteiger partial charge in [-0.15, -0.1) is 0 Å². The summed E-state index contributed by atoms with van der Waals surface area (Å²) in [6.45, 7) is 2.49. The molecule has 0 radical (unpaired) electrons. The van der Waals surface area contributed by atoms with Gasteiger partial charge in [-0.3, -0.25) is 14.5 Å². The Kier molecular flexibility index (Phi) is 6.35. The van der Waals surface area contributed by atoms with E-state index in [2.05, 4.69) is 14.9 Å². The van der Waals surface area contributed by atoms with Crippen molar-refractivity contribution < 1.29 is 18.7 Å². The van der Waals surface area contributed by atoms with Crippen LogP contribution in [0, 0.1) is 11.6 Å². The summed E-state index contributed by atoms with van der Waals surface area (Å²) in [4.78, 5) is 48.4. The minimum absolute atomic E-state index is 0.0876. The van der Waals surface area contributed by atoms with Crippen molar-refractivity contribution in [3.8, 4) is 5.69 Å². The van der Waals surface area contributed by atoms with Crippen LogP contribution in [0.4, 0.5) is 14.5 Å². The first-order chi connectivity index (χ1) is 19.3. The summed E-state index contributed by atoms with van der Waals surface area (Å²) in [5.74, 6) is -2.01. The standard InChI is InChI=1S/C29H23F2N5O4/c30-17-5-7-18(8-6-17)36-15-21(29(39)40)27(37)20-13-22(31)25(14-24(20)36)35-11-9-34(10-12-35)16-26-32-23-4-2-1-3-19(23)28(38)33-26/h1-8,13-15H,9-12,16H2,(H,39,40)(H,32,33,38). The number of hydrogen-bond donors (Lipinski definition) is 2. The molecule has 9 nitrogen and oxygen atoms in total. The molecule has 5 aromatic rings. The third kappa shape index (κ3) is 4.60. The molecule has 11 heteroatoms. The van der Waals surface area contributed by atoms with E-state index in [1.807, 2.05) is 11.0 Å². The molecule has 0 unspecified atom stereocenters. The Morgan fingerprint density at radius 3 is 2.40 bits per heavy atom. The monoisotopic (exact) mass is 543 g/mol. The number of rotatable bonds is 5. The largest absolute Gasteiger partial charge is 0.477 e. The van der Waals surface area contributed by atoms with E-state index in [1.54, 1.807) is 18.2 Å². The number of carboxylic acids is 1. The summed E-state index contributed by atoms with van der Waals surface area (Å²) in [5, 5.41) is 10.0. The number of carbonyl (C=O) groups is 1. The van der Waals surface area contributed by atoms with Gasteiger partial charge in [0.15, 0.2) is 0 Å². The van der Waals surface area contributed by atoms with Crippen molar-refractivity contribution in [2.24, 2.45) is 0 Å². The second-order valence-corrected chi connectivity index (χ2v) is 9.64. The Bertz CT molecular complexity index is 1890. The molecule has 0 bridgehead atoms. The molecule has 3 heterocycles. The fraction of sp³-hybridized carbons (Fsp3) is 0.172. The lowest BCUT2D eigenvalue weighted by atomic mass is 10.1. The van der Waals surface area contributed by atoms with Crippen molar-refractivity contribution in [2.75, 3.05) is 31.1 Å². The number of aromatic carboxylic acids is 1. The second kappa shape index (κ2) is 10.0. The van der Waals surface area contributed by atoms with Gasteiger partial charge in [0.1, 0.15) is 23.0 Å². The molecule has 3 aromatic carbocycles. The van der Waals surface area contributed by atoms with Crippen molar-refractivity contribution in [3.63, 3.8) is 0 Å². The number of hydrogen-bond acceptors (Lipinski definition) is 6. The summed E-state index contributed by atoms with van der Waals surface area (Å²) in [7, 11) is 0. The molecule has 40 heavy (non-hydrogen) atoms. The molecule has 1 fully saturated rings. The van der Waals surface area contributed by atoms with Crippen molar-refractivity contribution in [1.82, 2.24) is 19.4 Å². The maximum atomic E-state index is 15.4. The fourth-order valence-electron chi connectivity index (χ4n) is 5.11. The molecule has 0 aliphatic carbocycles. The van der Waals surface area contributed by atoms with Gasteiger partial charge < -0.3 is 19.6 Å². The van der Waals surface area contributed by atoms with E-state index in [1.165, 1.54) is 41.1 Å². The number of nitrogens with one attached hydrogen (secondary N) is 1. The fourth-order valence-corrected chi connectivity index (χ4v) is 5.11. The van der Waals surface area contributed by atoms with E-state index < -0.39 is 28.6 Å². The smallest absolute Gasteiger partial charge is 0.341 e. The maximum Gasteiger partial charge on any atom is 0.341 e. The van der Waals surface area contributed by atoms with Crippen molar-refractivity contribution in [1.29, 1.82) is 0 Å².